The predicted molar refractivity (Wildman–Crippen MR) is 148 cm³/mol. The SMILES string of the molecule is CCCCC1CN(C(=O)C2CCCN2CCc2ccccc2)Cc2c1nc(-c1ccc(Cl)cc1)[nH]c2=O. The highest BCUT2D eigenvalue weighted by atomic mass is 35.5. The van der Waals surface area contributed by atoms with E-state index in [0.717, 1.165) is 62.9 Å². The van der Waals surface area contributed by atoms with Gasteiger partial charge in [0.05, 0.1) is 23.8 Å². The molecule has 2 aliphatic rings. The summed E-state index contributed by atoms with van der Waals surface area (Å²) in [5.41, 5.74) is 3.45. The number of aromatic amines is 1. The number of hydrogen-bond acceptors (Lipinski definition) is 4. The number of carbonyl (C=O) groups is 1. The maximum atomic E-state index is 13.8. The molecule has 194 valence electrons. The molecule has 2 unspecified atom stereocenters. The zero-order valence-electron chi connectivity index (χ0n) is 21.5. The van der Waals surface area contributed by atoms with Gasteiger partial charge >= 0.3 is 0 Å². The van der Waals surface area contributed by atoms with Gasteiger partial charge in [0.15, 0.2) is 0 Å². The van der Waals surface area contributed by atoms with Gasteiger partial charge in [-0.2, -0.15) is 0 Å². The van der Waals surface area contributed by atoms with Crippen molar-refractivity contribution in [3.05, 3.63) is 86.8 Å². The minimum atomic E-state index is -0.152. The van der Waals surface area contributed by atoms with E-state index >= 15 is 0 Å². The number of benzene rings is 2. The molecule has 1 saturated heterocycles. The van der Waals surface area contributed by atoms with Gasteiger partial charge < -0.3 is 9.88 Å². The monoisotopic (exact) mass is 518 g/mol. The summed E-state index contributed by atoms with van der Waals surface area (Å²) < 4.78 is 0. The van der Waals surface area contributed by atoms with E-state index < -0.39 is 0 Å². The molecule has 7 heteroatoms. The topological polar surface area (TPSA) is 69.3 Å². The molecule has 3 heterocycles. The lowest BCUT2D eigenvalue weighted by Gasteiger charge is -2.36. The molecule has 1 amide bonds. The molecule has 5 rings (SSSR count). The second-order valence-electron chi connectivity index (χ2n) is 10.3. The van der Waals surface area contributed by atoms with Gasteiger partial charge in [-0.05, 0) is 62.1 Å². The van der Waals surface area contributed by atoms with Crippen LogP contribution in [0.15, 0.2) is 59.4 Å². The fraction of sp³-hybridized carbons (Fsp3) is 0.433. The number of aromatic nitrogens is 2. The number of nitrogens with one attached hydrogen (secondary N) is 1. The Balaban J connectivity index is 1.37. The number of nitrogens with zero attached hydrogens (tertiary/aromatic N) is 3. The van der Waals surface area contributed by atoms with Gasteiger partial charge in [-0.3, -0.25) is 14.5 Å². The van der Waals surface area contributed by atoms with Crippen molar-refractivity contribution in [1.29, 1.82) is 0 Å². The molecule has 2 atom stereocenters. The normalized spacial score (nSPS) is 19.7. The highest BCUT2D eigenvalue weighted by Gasteiger charge is 2.38. The predicted octanol–water partition coefficient (Wildman–Crippen LogP) is 5.41. The third-order valence-electron chi connectivity index (χ3n) is 7.74. The largest absolute Gasteiger partial charge is 0.336 e. The molecule has 2 aliphatic heterocycles. The van der Waals surface area contributed by atoms with E-state index in [1.54, 1.807) is 12.1 Å². The Morgan fingerprint density at radius 1 is 1.14 bits per heavy atom. The molecule has 1 N–H and O–H groups in total. The first-order chi connectivity index (χ1) is 18.0. The van der Waals surface area contributed by atoms with Gasteiger partial charge in [0.2, 0.25) is 5.91 Å². The van der Waals surface area contributed by atoms with Crippen LogP contribution < -0.4 is 5.56 Å². The van der Waals surface area contributed by atoms with Crippen molar-refractivity contribution in [2.45, 2.75) is 64.0 Å². The standard InChI is InChI=1S/C30H35ClN4O2/c1-2-3-10-23-19-35(30(37)26-11-7-17-34(26)18-16-21-8-5-4-6-9-21)20-25-27(23)32-28(33-29(25)36)22-12-14-24(31)15-13-22/h4-6,8-9,12-15,23,26H,2-3,7,10-11,16-20H2,1H3,(H,32,33,36). The Morgan fingerprint density at radius 2 is 1.92 bits per heavy atom. The van der Waals surface area contributed by atoms with Gasteiger partial charge in [-0.25, -0.2) is 4.98 Å². The third-order valence-corrected chi connectivity index (χ3v) is 7.99. The zero-order chi connectivity index (χ0) is 25.8. The maximum Gasteiger partial charge on any atom is 0.256 e. The average molecular weight is 519 g/mol. The lowest BCUT2D eigenvalue weighted by atomic mass is 9.90. The van der Waals surface area contributed by atoms with Crippen LogP contribution in [0, 0.1) is 0 Å². The van der Waals surface area contributed by atoms with Crippen molar-refractivity contribution < 1.29 is 4.79 Å². The molecule has 2 aromatic carbocycles. The van der Waals surface area contributed by atoms with Crippen LogP contribution in [-0.2, 0) is 17.8 Å². The number of hydrogen-bond donors (Lipinski definition) is 1. The smallest absolute Gasteiger partial charge is 0.256 e. The van der Waals surface area contributed by atoms with Gasteiger partial charge in [-0.15, -0.1) is 0 Å². The van der Waals surface area contributed by atoms with Crippen molar-refractivity contribution >= 4 is 17.5 Å². The summed E-state index contributed by atoms with van der Waals surface area (Å²) in [6, 6.07) is 17.7. The molecule has 0 spiro atoms. The number of amides is 1. The lowest BCUT2D eigenvalue weighted by molar-refractivity contribution is -0.137. The highest BCUT2D eigenvalue weighted by Crippen LogP contribution is 2.32. The fourth-order valence-electron chi connectivity index (χ4n) is 5.71. The van der Waals surface area contributed by atoms with E-state index in [-0.39, 0.29) is 23.4 Å². The molecule has 0 aliphatic carbocycles. The Morgan fingerprint density at radius 3 is 2.68 bits per heavy atom. The van der Waals surface area contributed by atoms with E-state index in [1.165, 1.54) is 5.56 Å². The van der Waals surface area contributed by atoms with Crippen LogP contribution in [0.3, 0.4) is 0 Å². The van der Waals surface area contributed by atoms with Crippen molar-refractivity contribution in [1.82, 2.24) is 19.8 Å². The minimum Gasteiger partial charge on any atom is -0.336 e. The number of unbranched alkanes of at least 4 members (excludes halogenated alkanes) is 1. The summed E-state index contributed by atoms with van der Waals surface area (Å²) in [4.78, 5) is 39.3. The summed E-state index contributed by atoms with van der Waals surface area (Å²) in [7, 11) is 0. The number of halogens is 1. The highest BCUT2D eigenvalue weighted by molar-refractivity contribution is 6.30. The summed E-state index contributed by atoms with van der Waals surface area (Å²) in [6.07, 6.45) is 5.84. The molecule has 37 heavy (non-hydrogen) atoms. The molecule has 1 fully saturated rings. The van der Waals surface area contributed by atoms with Crippen molar-refractivity contribution in [2.24, 2.45) is 0 Å². The summed E-state index contributed by atoms with van der Waals surface area (Å²) >= 11 is 6.05. The van der Waals surface area contributed by atoms with E-state index in [2.05, 4.69) is 41.1 Å². The van der Waals surface area contributed by atoms with Crippen LogP contribution in [0.25, 0.3) is 11.4 Å². The van der Waals surface area contributed by atoms with Crippen LogP contribution in [0.2, 0.25) is 5.02 Å². The molecule has 0 bridgehead atoms. The molecule has 0 saturated carbocycles. The van der Waals surface area contributed by atoms with Crippen molar-refractivity contribution in [3.63, 3.8) is 0 Å². The molecule has 3 aromatic rings. The Labute approximate surface area is 223 Å². The molecule has 0 radical (unpaired) electrons. The van der Waals surface area contributed by atoms with Crippen LogP contribution in [0.1, 0.15) is 61.8 Å². The van der Waals surface area contributed by atoms with Gasteiger partial charge in [0.1, 0.15) is 5.82 Å². The molecule has 1 aromatic heterocycles. The zero-order valence-corrected chi connectivity index (χ0v) is 22.2. The van der Waals surface area contributed by atoms with E-state index in [4.69, 9.17) is 16.6 Å². The van der Waals surface area contributed by atoms with Gasteiger partial charge in [0.25, 0.3) is 5.56 Å². The number of likely N-dealkylation sites (tertiary alicyclic amines) is 1. The minimum absolute atomic E-state index is 0.0557. The first-order valence-corrected chi connectivity index (χ1v) is 13.9. The quantitative estimate of drug-likeness (QED) is 0.432. The Bertz CT molecular complexity index is 1270. The molecular formula is C30H35ClN4O2. The van der Waals surface area contributed by atoms with Crippen LogP contribution in [0.5, 0.6) is 0 Å². The first-order valence-electron chi connectivity index (χ1n) is 13.5. The average Bonchev–Trinajstić information content (AvgIpc) is 3.40. The van der Waals surface area contributed by atoms with E-state index in [0.29, 0.717) is 29.5 Å². The molecular weight excluding hydrogens is 484 g/mol. The summed E-state index contributed by atoms with van der Waals surface area (Å²) in [6.45, 7) is 4.92. The second-order valence-corrected chi connectivity index (χ2v) is 10.7. The Hall–Kier alpha value is -2.96. The number of rotatable bonds is 8. The van der Waals surface area contributed by atoms with Crippen molar-refractivity contribution in [2.75, 3.05) is 19.6 Å². The van der Waals surface area contributed by atoms with Crippen molar-refractivity contribution in [3.8, 4) is 11.4 Å². The number of fused-ring (bicyclic) bond motifs is 1. The van der Waals surface area contributed by atoms with Crippen LogP contribution in [-0.4, -0.2) is 51.4 Å². The third kappa shape index (κ3) is 5.81. The Kier molecular flexibility index (Phi) is 8.06. The maximum absolute atomic E-state index is 13.8. The lowest BCUT2D eigenvalue weighted by Crippen LogP contribution is -2.49. The number of H-pyrrole nitrogens is 1. The fourth-order valence-corrected chi connectivity index (χ4v) is 5.83. The van der Waals surface area contributed by atoms with Crippen LogP contribution in [0.4, 0.5) is 0 Å². The van der Waals surface area contributed by atoms with Crippen LogP contribution >= 0.6 is 11.6 Å². The molecule has 6 nitrogen and oxygen atoms in total. The number of carbonyl (C=O) groups excluding carboxylic acids is 1. The summed E-state index contributed by atoms with van der Waals surface area (Å²) in [5.74, 6) is 0.767. The van der Waals surface area contributed by atoms with Gasteiger partial charge in [0, 0.05) is 29.6 Å². The van der Waals surface area contributed by atoms with E-state index in [1.807, 2.05) is 23.1 Å². The first kappa shape index (κ1) is 25.7. The second kappa shape index (κ2) is 11.6. The van der Waals surface area contributed by atoms with E-state index in [9.17, 15) is 9.59 Å². The van der Waals surface area contributed by atoms with Gasteiger partial charge in [-0.1, -0.05) is 61.7 Å². The summed E-state index contributed by atoms with van der Waals surface area (Å²) in [5, 5.41) is 0.642.